The van der Waals surface area contributed by atoms with Gasteiger partial charge in [-0.25, -0.2) is 13.2 Å². The van der Waals surface area contributed by atoms with Gasteiger partial charge in [-0.2, -0.15) is 4.31 Å². The third-order valence-corrected chi connectivity index (χ3v) is 7.86. The first kappa shape index (κ1) is 20.7. The molecular formula is C20H23NO5S2. The molecular weight excluding hydrogens is 398 g/mol. The molecule has 0 bridgehead atoms. The van der Waals surface area contributed by atoms with Crippen LogP contribution in [0.15, 0.2) is 41.3 Å². The molecule has 28 heavy (non-hydrogen) atoms. The lowest BCUT2D eigenvalue weighted by atomic mass is 10.1. The normalized spacial score (nSPS) is 18.0. The number of hydrogen-bond donors (Lipinski definition) is 0. The molecule has 8 heteroatoms. The van der Waals surface area contributed by atoms with Gasteiger partial charge in [-0.3, -0.25) is 4.79 Å². The number of esters is 1. The van der Waals surface area contributed by atoms with Gasteiger partial charge < -0.3 is 4.74 Å². The fraction of sp³-hybridized carbons (Fsp3) is 0.400. The molecule has 0 N–H and O–H groups in total. The molecule has 1 fully saturated rings. The van der Waals surface area contributed by atoms with Gasteiger partial charge in [0, 0.05) is 17.5 Å². The van der Waals surface area contributed by atoms with Gasteiger partial charge in [0.1, 0.15) is 0 Å². The summed E-state index contributed by atoms with van der Waals surface area (Å²) in [6, 6.07) is 9.18. The van der Waals surface area contributed by atoms with E-state index in [1.807, 2.05) is 19.9 Å². The summed E-state index contributed by atoms with van der Waals surface area (Å²) >= 11 is 1.35. The first-order chi connectivity index (χ1) is 13.3. The Morgan fingerprint density at radius 2 is 1.86 bits per heavy atom. The quantitative estimate of drug-likeness (QED) is 0.525. The minimum absolute atomic E-state index is 0.0321. The van der Waals surface area contributed by atoms with Crippen molar-refractivity contribution >= 4 is 33.1 Å². The van der Waals surface area contributed by atoms with Crippen molar-refractivity contribution < 1.29 is 22.7 Å². The summed E-state index contributed by atoms with van der Waals surface area (Å²) < 4.78 is 32.2. The van der Waals surface area contributed by atoms with Crippen molar-refractivity contribution in [1.29, 1.82) is 0 Å². The number of nitrogens with zero attached hydrogens (tertiary/aromatic N) is 1. The van der Waals surface area contributed by atoms with Crippen LogP contribution in [0.1, 0.15) is 51.1 Å². The highest BCUT2D eigenvalue weighted by Gasteiger charge is 2.31. The van der Waals surface area contributed by atoms with E-state index in [1.165, 1.54) is 39.9 Å². The Kier molecular flexibility index (Phi) is 6.32. The minimum Gasteiger partial charge on any atom is -0.454 e. The van der Waals surface area contributed by atoms with Gasteiger partial charge in [-0.1, -0.05) is 6.42 Å². The molecule has 0 saturated carbocycles. The van der Waals surface area contributed by atoms with E-state index < -0.39 is 16.0 Å². The molecule has 0 aliphatic carbocycles. The number of carbonyl (C=O) groups is 2. The molecule has 0 amide bonds. The van der Waals surface area contributed by atoms with Gasteiger partial charge in [-0.05, 0) is 63.1 Å². The van der Waals surface area contributed by atoms with Crippen molar-refractivity contribution in [3.05, 3.63) is 51.7 Å². The van der Waals surface area contributed by atoms with Crippen molar-refractivity contribution in [2.24, 2.45) is 0 Å². The number of rotatable bonds is 6. The Balaban J connectivity index is 1.64. The summed E-state index contributed by atoms with van der Waals surface area (Å²) in [4.78, 5) is 25.9. The zero-order valence-electron chi connectivity index (χ0n) is 15.9. The van der Waals surface area contributed by atoms with Crippen LogP contribution in [-0.4, -0.2) is 43.7 Å². The van der Waals surface area contributed by atoms with Crippen LogP contribution in [-0.2, 0) is 14.8 Å². The van der Waals surface area contributed by atoms with Gasteiger partial charge >= 0.3 is 5.97 Å². The molecule has 2 aromatic rings. The molecule has 3 rings (SSSR count). The number of sulfonamides is 1. The first-order valence-electron chi connectivity index (χ1n) is 9.17. The standard InChI is InChI=1S/C20H23NO5S2/c1-14-5-3-4-12-21(14)28(24,25)17-9-7-16(8-10-17)20(23)26-13-18(22)19-11-6-15(2)27-19/h6-11,14H,3-5,12-13H2,1-2H3/t14-/m1/s1. The number of benzene rings is 1. The Morgan fingerprint density at radius 3 is 2.46 bits per heavy atom. The Bertz CT molecular complexity index is 963. The fourth-order valence-electron chi connectivity index (χ4n) is 3.20. The summed E-state index contributed by atoms with van der Waals surface area (Å²) in [6.45, 7) is 3.98. The van der Waals surface area contributed by atoms with Crippen LogP contribution in [0.2, 0.25) is 0 Å². The van der Waals surface area contributed by atoms with Crippen LogP contribution < -0.4 is 0 Å². The molecule has 1 aliphatic rings. The second-order valence-corrected chi connectivity index (χ2v) is 10.1. The molecule has 1 aromatic heterocycles. The number of hydrogen-bond acceptors (Lipinski definition) is 6. The van der Waals surface area contributed by atoms with E-state index in [9.17, 15) is 18.0 Å². The van der Waals surface area contributed by atoms with E-state index in [1.54, 1.807) is 6.07 Å². The van der Waals surface area contributed by atoms with Gasteiger partial charge in [0.2, 0.25) is 15.8 Å². The second kappa shape index (κ2) is 8.55. The molecule has 150 valence electrons. The smallest absolute Gasteiger partial charge is 0.338 e. The number of ether oxygens (including phenoxy) is 1. The van der Waals surface area contributed by atoms with Crippen molar-refractivity contribution in [3.8, 4) is 0 Å². The lowest BCUT2D eigenvalue weighted by Crippen LogP contribution is -2.41. The van der Waals surface area contributed by atoms with Crippen LogP contribution in [0.4, 0.5) is 0 Å². The SMILES string of the molecule is Cc1ccc(C(=O)COC(=O)c2ccc(S(=O)(=O)N3CCCC[C@H]3C)cc2)s1. The molecule has 6 nitrogen and oxygen atoms in total. The van der Waals surface area contributed by atoms with Gasteiger partial charge in [0.15, 0.2) is 6.61 Å². The molecule has 0 radical (unpaired) electrons. The third kappa shape index (κ3) is 4.51. The molecule has 1 atom stereocenters. The predicted molar refractivity (Wildman–Crippen MR) is 107 cm³/mol. The summed E-state index contributed by atoms with van der Waals surface area (Å²) in [7, 11) is -3.58. The van der Waals surface area contributed by atoms with E-state index in [0.717, 1.165) is 24.1 Å². The molecule has 1 aliphatic heterocycles. The average molecular weight is 422 g/mol. The van der Waals surface area contributed by atoms with Crippen molar-refractivity contribution in [2.75, 3.05) is 13.2 Å². The monoisotopic (exact) mass is 421 g/mol. The number of ketones is 1. The van der Waals surface area contributed by atoms with Crippen molar-refractivity contribution in [3.63, 3.8) is 0 Å². The van der Waals surface area contributed by atoms with E-state index in [2.05, 4.69) is 0 Å². The number of carbonyl (C=O) groups excluding carboxylic acids is 2. The maximum absolute atomic E-state index is 12.8. The Labute approximate surface area is 169 Å². The van der Waals surface area contributed by atoms with Crippen LogP contribution >= 0.6 is 11.3 Å². The minimum atomic E-state index is -3.58. The average Bonchev–Trinajstić information content (AvgIpc) is 3.12. The maximum Gasteiger partial charge on any atom is 0.338 e. The summed E-state index contributed by atoms with van der Waals surface area (Å²) in [6.07, 6.45) is 2.73. The zero-order valence-corrected chi connectivity index (χ0v) is 17.5. The Morgan fingerprint density at radius 1 is 1.14 bits per heavy atom. The molecule has 1 saturated heterocycles. The van der Waals surface area contributed by atoms with Crippen molar-refractivity contribution in [2.45, 2.75) is 44.0 Å². The van der Waals surface area contributed by atoms with E-state index in [0.29, 0.717) is 11.4 Å². The molecule has 0 spiro atoms. The molecule has 0 unspecified atom stereocenters. The van der Waals surface area contributed by atoms with Crippen LogP contribution in [0.3, 0.4) is 0 Å². The lowest BCUT2D eigenvalue weighted by Gasteiger charge is -2.32. The number of piperidine rings is 1. The summed E-state index contributed by atoms with van der Waals surface area (Å²) in [5.41, 5.74) is 0.209. The van der Waals surface area contributed by atoms with Crippen LogP contribution in [0.25, 0.3) is 0 Å². The zero-order chi connectivity index (χ0) is 20.3. The Hall–Kier alpha value is -2.03. The van der Waals surface area contributed by atoms with Crippen LogP contribution in [0, 0.1) is 6.92 Å². The predicted octanol–water partition coefficient (Wildman–Crippen LogP) is 3.66. The van der Waals surface area contributed by atoms with Gasteiger partial charge in [0.25, 0.3) is 0 Å². The second-order valence-electron chi connectivity index (χ2n) is 6.89. The van der Waals surface area contributed by atoms with E-state index in [4.69, 9.17) is 4.74 Å². The van der Waals surface area contributed by atoms with Crippen molar-refractivity contribution in [1.82, 2.24) is 4.31 Å². The number of Topliss-reactive ketones (excluding diaryl/α,β-unsaturated/α-hetero) is 1. The highest BCUT2D eigenvalue weighted by atomic mass is 32.2. The summed E-state index contributed by atoms with van der Waals surface area (Å²) in [5, 5.41) is 0. The van der Waals surface area contributed by atoms with E-state index in [-0.39, 0.29) is 28.9 Å². The van der Waals surface area contributed by atoms with E-state index >= 15 is 0 Å². The lowest BCUT2D eigenvalue weighted by molar-refractivity contribution is 0.0475. The number of thiophene rings is 1. The van der Waals surface area contributed by atoms with Gasteiger partial charge in [0.05, 0.1) is 15.3 Å². The largest absolute Gasteiger partial charge is 0.454 e. The molecule has 1 aromatic carbocycles. The van der Waals surface area contributed by atoms with Gasteiger partial charge in [-0.15, -0.1) is 11.3 Å². The highest BCUT2D eigenvalue weighted by molar-refractivity contribution is 7.89. The number of aryl methyl sites for hydroxylation is 1. The maximum atomic E-state index is 12.8. The highest BCUT2D eigenvalue weighted by Crippen LogP contribution is 2.25. The third-order valence-electron chi connectivity index (χ3n) is 4.79. The first-order valence-corrected chi connectivity index (χ1v) is 11.4. The fourth-order valence-corrected chi connectivity index (χ4v) is 5.69. The molecule has 2 heterocycles. The van der Waals surface area contributed by atoms with Crippen LogP contribution in [0.5, 0.6) is 0 Å². The topological polar surface area (TPSA) is 80.8 Å². The summed E-state index contributed by atoms with van der Waals surface area (Å²) in [5.74, 6) is -0.915.